The van der Waals surface area contributed by atoms with Crippen molar-refractivity contribution in [3.63, 3.8) is 0 Å². The molecule has 0 radical (unpaired) electrons. The first-order valence-electron chi connectivity index (χ1n) is 10.4. The average Bonchev–Trinajstić information content (AvgIpc) is 2.76. The van der Waals surface area contributed by atoms with E-state index in [1.54, 1.807) is 6.07 Å². The summed E-state index contributed by atoms with van der Waals surface area (Å²) in [5, 5.41) is 2.69. The fourth-order valence-corrected chi connectivity index (χ4v) is 3.26. The van der Waals surface area contributed by atoms with Crippen molar-refractivity contribution in [3.05, 3.63) is 65.5 Å². The number of ether oxygens (including phenoxy) is 2. The Morgan fingerprint density at radius 3 is 2.57 bits per heavy atom. The second-order valence-electron chi connectivity index (χ2n) is 7.50. The smallest absolute Gasteiger partial charge is 0.407 e. The molecule has 3 rings (SSSR count). The molecule has 162 valence electrons. The van der Waals surface area contributed by atoms with Gasteiger partial charge in [0.25, 0.3) is 0 Å². The molecule has 0 aliphatic carbocycles. The van der Waals surface area contributed by atoms with Crippen LogP contribution in [0.2, 0.25) is 0 Å². The average molecular weight is 416 g/mol. The third kappa shape index (κ3) is 7.31. The normalized spacial score (nSPS) is 15.0. The van der Waals surface area contributed by atoms with Crippen LogP contribution in [0.3, 0.4) is 0 Å². The zero-order valence-electron chi connectivity index (χ0n) is 17.5. The maximum Gasteiger partial charge on any atom is 0.407 e. The summed E-state index contributed by atoms with van der Waals surface area (Å²) in [6, 6.07) is 14.4. The minimum atomic E-state index is -0.483. The number of amides is 1. The summed E-state index contributed by atoms with van der Waals surface area (Å²) in [6.07, 6.45) is 0.0297. The van der Waals surface area contributed by atoms with Crippen molar-refractivity contribution in [1.82, 2.24) is 15.1 Å². The monoisotopic (exact) mass is 415 g/mol. The third-order valence-corrected chi connectivity index (χ3v) is 5.15. The zero-order chi connectivity index (χ0) is 21.2. The van der Waals surface area contributed by atoms with Crippen LogP contribution in [0.15, 0.2) is 48.5 Å². The molecule has 1 fully saturated rings. The lowest BCUT2D eigenvalue weighted by Gasteiger charge is -2.32. The Kier molecular flexibility index (Phi) is 8.47. The van der Waals surface area contributed by atoms with E-state index in [1.165, 1.54) is 6.07 Å². The van der Waals surface area contributed by atoms with E-state index in [2.05, 4.69) is 22.2 Å². The van der Waals surface area contributed by atoms with Crippen molar-refractivity contribution in [3.8, 4) is 5.75 Å². The molecule has 6 nitrogen and oxygen atoms in total. The molecule has 30 heavy (non-hydrogen) atoms. The molecule has 1 heterocycles. The van der Waals surface area contributed by atoms with Crippen molar-refractivity contribution in [1.29, 1.82) is 0 Å². The number of alkyl carbamates (subject to hydrolysis) is 1. The Labute approximate surface area is 177 Å². The SMILES string of the molecule is CN1CCN(CCOc2ccc(CCNC(=O)OCc3ccccc3)cc2F)CC1. The molecular formula is C23H30FN3O3. The topological polar surface area (TPSA) is 54.0 Å². The highest BCUT2D eigenvalue weighted by molar-refractivity contribution is 5.67. The van der Waals surface area contributed by atoms with E-state index >= 15 is 0 Å². The number of likely N-dealkylation sites (N-methyl/N-ethyl adjacent to an activating group) is 1. The first kappa shape index (κ1) is 22.1. The molecule has 0 bridgehead atoms. The van der Waals surface area contributed by atoms with Gasteiger partial charge in [-0.3, -0.25) is 4.90 Å². The van der Waals surface area contributed by atoms with Gasteiger partial charge in [-0.2, -0.15) is 0 Å². The lowest BCUT2D eigenvalue weighted by Crippen LogP contribution is -2.45. The molecule has 2 aromatic rings. The van der Waals surface area contributed by atoms with Crippen molar-refractivity contribution in [2.75, 3.05) is 52.9 Å². The second-order valence-corrected chi connectivity index (χ2v) is 7.50. The molecule has 0 unspecified atom stereocenters. The lowest BCUT2D eigenvalue weighted by atomic mass is 10.1. The predicted octanol–water partition coefficient (Wildman–Crippen LogP) is 2.92. The fourth-order valence-electron chi connectivity index (χ4n) is 3.26. The summed E-state index contributed by atoms with van der Waals surface area (Å²) in [7, 11) is 2.12. The molecule has 1 aliphatic rings. The number of piperazine rings is 1. The van der Waals surface area contributed by atoms with Gasteiger partial charge >= 0.3 is 6.09 Å². The van der Waals surface area contributed by atoms with Gasteiger partial charge in [0.15, 0.2) is 11.6 Å². The number of nitrogens with one attached hydrogen (secondary N) is 1. The van der Waals surface area contributed by atoms with E-state index in [9.17, 15) is 9.18 Å². The number of halogens is 1. The van der Waals surface area contributed by atoms with Crippen LogP contribution in [0.1, 0.15) is 11.1 Å². The number of nitrogens with zero attached hydrogens (tertiary/aromatic N) is 2. The Morgan fingerprint density at radius 1 is 1.07 bits per heavy atom. The molecule has 1 saturated heterocycles. The van der Waals surface area contributed by atoms with Crippen molar-refractivity contribution in [2.24, 2.45) is 0 Å². The molecule has 0 atom stereocenters. The Hall–Kier alpha value is -2.64. The van der Waals surface area contributed by atoms with Gasteiger partial charge in [0, 0.05) is 39.3 Å². The van der Waals surface area contributed by atoms with Gasteiger partial charge in [-0.1, -0.05) is 36.4 Å². The molecule has 2 aromatic carbocycles. The van der Waals surface area contributed by atoms with E-state index < -0.39 is 6.09 Å². The van der Waals surface area contributed by atoms with Crippen molar-refractivity contribution < 1.29 is 18.7 Å². The van der Waals surface area contributed by atoms with E-state index in [-0.39, 0.29) is 18.2 Å². The molecule has 0 aromatic heterocycles. The number of carbonyl (C=O) groups excluding carboxylic acids is 1. The molecule has 1 N–H and O–H groups in total. The van der Waals surface area contributed by atoms with Crippen LogP contribution in [0.5, 0.6) is 5.75 Å². The highest BCUT2D eigenvalue weighted by Gasteiger charge is 2.14. The highest BCUT2D eigenvalue weighted by Crippen LogP contribution is 2.18. The maximum atomic E-state index is 14.3. The number of carbonyl (C=O) groups is 1. The molecular weight excluding hydrogens is 385 g/mol. The van der Waals surface area contributed by atoms with E-state index in [0.29, 0.717) is 19.6 Å². The lowest BCUT2D eigenvalue weighted by molar-refractivity contribution is 0.132. The summed E-state index contributed by atoms with van der Waals surface area (Å²) in [5.41, 5.74) is 1.72. The van der Waals surface area contributed by atoms with Crippen LogP contribution in [0.4, 0.5) is 9.18 Å². The van der Waals surface area contributed by atoms with E-state index in [4.69, 9.17) is 9.47 Å². The van der Waals surface area contributed by atoms with E-state index in [0.717, 1.165) is 43.9 Å². The first-order chi connectivity index (χ1) is 14.6. The van der Waals surface area contributed by atoms with Crippen LogP contribution >= 0.6 is 0 Å². The Morgan fingerprint density at radius 2 is 1.83 bits per heavy atom. The van der Waals surface area contributed by atoms with Gasteiger partial charge in [-0.25, -0.2) is 9.18 Å². The first-order valence-corrected chi connectivity index (χ1v) is 10.4. The standard InChI is InChI=1S/C23H30FN3O3/c1-26-11-13-27(14-12-26)15-16-29-22-8-7-19(17-21(22)24)9-10-25-23(28)30-18-20-5-3-2-4-6-20/h2-8,17H,9-16,18H2,1H3,(H,25,28). The molecule has 1 aliphatic heterocycles. The van der Waals surface area contributed by atoms with Gasteiger partial charge in [0.1, 0.15) is 13.2 Å². The van der Waals surface area contributed by atoms with Crippen LogP contribution < -0.4 is 10.1 Å². The summed E-state index contributed by atoms with van der Waals surface area (Å²) >= 11 is 0. The minimum Gasteiger partial charge on any atom is -0.489 e. The molecule has 0 spiro atoms. The Bertz CT molecular complexity index is 796. The van der Waals surface area contributed by atoms with Crippen molar-refractivity contribution in [2.45, 2.75) is 13.0 Å². The van der Waals surface area contributed by atoms with Crippen molar-refractivity contribution >= 4 is 6.09 Å². The van der Waals surface area contributed by atoms with Gasteiger partial charge in [-0.05, 0) is 36.7 Å². The number of rotatable bonds is 9. The van der Waals surface area contributed by atoms with Crippen LogP contribution in [-0.4, -0.2) is 68.8 Å². The number of benzene rings is 2. The number of hydrogen-bond donors (Lipinski definition) is 1. The maximum absolute atomic E-state index is 14.3. The fraction of sp³-hybridized carbons (Fsp3) is 0.435. The third-order valence-electron chi connectivity index (χ3n) is 5.15. The quantitative estimate of drug-likeness (QED) is 0.683. The molecule has 7 heteroatoms. The van der Waals surface area contributed by atoms with Gasteiger partial charge in [0.2, 0.25) is 0 Å². The zero-order valence-corrected chi connectivity index (χ0v) is 17.5. The summed E-state index contributed by atoms with van der Waals surface area (Å²) < 4.78 is 25.1. The highest BCUT2D eigenvalue weighted by atomic mass is 19.1. The van der Waals surface area contributed by atoms with Crippen LogP contribution in [0, 0.1) is 5.82 Å². The molecule has 0 saturated carbocycles. The largest absolute Gasteiger partial charge is 0.489 e. The summed E-state index contributed by atoms with van der Waals surface area (Å²) in [6.45, 7) is 5.99. The Balaban J connectivity index is 1.33. The van der Waals surface area contributed by atoms with Crippen LogP contribution in [-0.2, 0) is 17.8 Å². The van der Waals surface area contributed by atoms with Gasteiger partial charge < -0.3 is 19.7 Å². The van der Waals surface area contributed by atoms with Crippen LogP contribution in [0.25, 0.3) is 0 Å². The number of hydrogen-bond acceptors (Lipinski definition) is 5. The predicted molar refractivity (Wildman–Crippen MR) is 114 cm³/mol. The molecule has 1 amide bonds. The summed E-state index contributed by atoms with van der Waals surface area (Å²) in [4.78, 5) is 16.4. The van der Waals surface area contributed by atoms with E-state index in [1.807, 2.05) is 36.4 Å². The van der Waals surface area contributed by atoms with Gasteiger partial charge in [0.05, 0.1) is 0 Å². The second kappa shape index (κ2) is 11.5. The summed E-state index contributed by atoms with van der Waals surface area (Å²) in [5.74, 6) is -0.111. The van der Waals surface area contributed by atoms with Gasteiger partial charge in [-0.15, -0.1) is 0 Å². The minimum absolute atomic E-state index is 0.224.